The molecule has 0 radical (unpaired) electrons. The summed E-state index contributed by atoms with van der Waals surface area (Å²) in [5.41, 5.74) is -0.590. The minimum Gasteiger partial charge on any atom is -0.363 e. The molecule has 0 aromatic heterocycles. The summed E-state index contributed by atoms with van der Waals surface area (Å²) in [5.74, 6) is 0.139. The van der Waals surface area contributed by atoms with E-state index in [4.69, 9.17) is 4.74 Å². The zero-order valence-corrected chi connectivity index (χ0v) is 7.94. The van der Waals surface area contributed by atoms with E-state index in [1.54, 1.807) is 13.8 Å². The highest BCUT2D eigenvalue weighted by Crippen LogP contribution is 2.30. The highest BCUT2D eigenvalue weighted by molar-refractivity contribution is 9.10. The summed E-state index contributed by atoms with van der Waals surface area (Å²) in [5, 5.41) is 0. The molecule has 58 valence electrons. The first-order valence-corrected chi connectivity index (χ1v) is 4.23. The van der Waals surface area contributed by atoms with E-state index in [1.807, 2.05) is 6.92 Å². The molecule has 1 rings (SSSR count). The molecule has 0 amide bonds. The molecule has 0 spiro atoms. The van der Waals surface area contributed by atoms with E-state index >= 15 is 0 Å². The van der Waals surface area contributed by atoms with Gasteiger partial charge in [-0.25, -0.2) is 0 Å². The Bertz CT molecular complexity index is 165. The molecule has 2 unspecified atom stereocenters. The van der Waals surface area contributed by atoms with Gasteiger partial charge in [0.15, 0.2) is 5.78 Å². The normalized spacial score (nSPS) is 38.6. The van der Waals surface area contributed by atoms with Gasteiger partial charge in [-0.1, -0.05) is 15.9 Å². The Kier molecular flexibility index (Phi) is 1.90. The van der Waals surface area contributed by atoms with E-state index in [-0.39, 0.29) is 16.7 Å². The second-order valence-corrected chi connectivity index (χ2v) is 4.09. The molecule has 1 saturated heterocycles. The lowest BCUT2D eigenvalue weighted by Gasteiger charge is -2.14. The number of rotatable bonds is 0. The Morgan fingerprint density at radius 2 is 2.10 bits per heavy atom. The monoisotopic (exact) mass is 206 g/mol. The molecule has 3 heteroatoms. The Balaban J connectivity index is 2.82. The molecular formula is C7H11BrO2. The van der Waals surface area contributed by atoms with Crippen LogP contribution in [0.3, 0.4) is 0 Å². The summed E-state index contributed by atoms with van der Waals surface area (Å²) in [6.07, 6.45) is 0.00231. The van der Waals surface area contributed by atoms with Gasteiger partial charge in [0.1, 0.15) is 10.4 Å². The van der Waals surface area contributed by atoms with Crippen LogP contribution >= 0.6 is 15.9 Å². The first kappa shape index (κ1) is 8.21. The predicted molar refractivity (Wildman–Crippen MR) is 42.3 cm³/mol. The average Bonchev–Trinajstić information content (AvgIpc) is 1.95. The fourth-order valence-corrected chi connectivity index (χ4v) is 1.79. The molecule has 1 aliphatic rings. The number of alkyl halides is 1. The standard InChI is InChI=1S/C7H11BrO2/c1-4-5(8)6(9)7(2,3)10-4/h4-5H,1-3H3. The summed E-state index contributed by atoms with van der Waals surface area (Å²) in [7, 11) is 0. The van der Waals surface area contributed by atoms with Gasteiger partial charge in [-0.05, 0) is 20.8 Å². The van der Waals surface area contributed by atoms with Gasteiger partial charge in [0, 0.05) is 0 Å². The number of halogens is 1. The predicted octanol–water partition coefficient (Wildman–Crippen LogP) is 1.52. The first-order valence-electron chi connectivity index (χ1n) is 3.31. The molecule has 0 N–H and O–H groups in total. The third-order valence-electron chi connectivity index (χ3n) is 1.74. The van der Waals surface area contributed by atoms with Crippen LogP contribution in [0, 0.1) is 0 Å². The topological polar surface area (TPSA) is 26.3 Å². The maximum atomic E-state index is 11.3. The lowest BCUT2D eigenvalue weighted by atomic mass is 10.0. The van der Waals surface area contributed by atoms with Crippen LogP contribution < -0.4 is 0 Å². The first-order chi connectivity index (χ1) is 4.45. The van der Waals surface area contributed by atoms with Gasteiger partial charge in [-0.2, -0.15) is 0 Å². The highest BCUT2D eigenvalue weighted by atomic mass is 79.9. The van der Waals surface area contributed by atoms with Gasteiger partial charge in [0.2, 0.25) is 0 Å². The van der Waals surface area contributed by atoms with E-state index in [0.29, 0.717) is 0 Å². The number of carbonyl (C=O) groups excluding carboxylic acids is 1. The van der Waals surface area contributed by atoms with Crippen molar-refractivity contribution in [2.75, 3.05) is 0 Å². The Morgan fingerprint density at radius 1 is 1.60 bits per heavy atom. The van der Waals surface area contributed by atoms with Gasteiger partial charge in [-0.15, -0.1) is 0 Å². The van der Waals surface area contributed by atoms with E-state index in [0.717, 1.165) is 0 Å². The second kappa shape index (κ2) is 2.31. The maximum absolute atomic E-state index is 11.3. The molecular weight excluding hydrogens is 196 g/mol. The van der Waals surface area contributed by atoms with E-state index in [9.17, 15) is 4.79 Å². The molecule has 0 bridgehead atoms. The second-order valence-electron chi connectivity index (χ2n) is 3.10. The van der Waals surface area contributed by atoms with Crippen LogP contribution in [-0.2, 0) is 9.53 Å². The van der Waals surface area contributed by atoms with Crippen molar-refractivity contribution in [1.82, 2.24) is 0 Å². The van der Waals surface area contributed by atoms with E-state index < -0.39 is 5.60 Å². The summed E-state index contributed by atoms with van der Waals surface area (Å²) in [4.78, 5) is 11.1. The van der Waals surface area contributed by atoms with Crippen molar-refractivity contribution in [3.63, 3.8) is 0 Å². The molecule has 0 saturated carbocycles. The van der Waals surface area contributed by atoms with Crippen LogP contribution in [-0.4, -0.2) is 22.3 Å². The molecule has 1 fully saturated rings. The summed E-state index contributed by atoms with van der Waals surface area (Å²) >= 11 is 3.27. The van der Waals surface area contributed by atoms with Gasteiger partial charge in [0.25, 0.3) is 0 Å². The Morgan fingerprint density at radius 3 is 2.20 bits per heavy atom. The zero-order chi connectivity index (χ0) is 7.94. The molecule has 1 heterocycles. The fourth-order valence-electron chi connectivity index (χ4n) is 1.13. The maximum Gasteiger partial charge on any atom is 0.180 e. The van der Waals surface area contributed by atoms with Crippen molar-refractivity contribution in [2.24, 2.45) is 0 Å². The van der Waals surface area contributed by atoms with Gasteiger partial charge in [0.05, 0.1) is 6.10 Å². The lowest BCUT2D eigenvalue weighted by Crippen LogP contribution is -2.29. The van der Waals surface area contributed by atoms with Crippen molar-refractivity contribution in [3.8, 4) is 0 Å². The number of hydrogen-bond acceptors (Lipinski definition) is 2. The van der Waals surface area contributed by atoms with Crippen molar-refractivity contribution in [3.05, 3.63) is 0 Å². The van der Waals surface area contributed by atoms with Gasteiger partial charge >= 0.3 is 0 Å². The largest absolute Gasteiger partial charge is 0.363 e. The smallest absolute Gasteiger partial charge is 0.180 e. The Hall–Kier alpha value is 0.110. The molecule has 1 aliphatic heterocycles. The number of ether oxygens (including phenoxy) is 1. The Labute approximate surface area is 69.1 Å². The number of Topliss-reactive ketones (excluding diaryl/α,β-unsaturated/α-hetero) is 1. The molecule has 0 aromatic carbocycles. The molecule has 0 aromatic rings. The summed E-state index contributed by atoms with van der Waals surface area (Å²) in [6.45, 7) is 5.49. The van der Waals surface area contributed by atoms with Crippen LogP contribution in [0.5, 0.6) is 0 Å². The minimum atomic E-state index is -0.590. The summed E-state index contributed by atoms with van der Waals surface area (Å²) < 4.78 is 5.38. The van der Waals surface area contributed by atoms with Gasteiger partial charge in [-0.3, -0.25) is 4.79 Å². The third-order valence-corrected chi connectivity index (χ3v) is 2.90. The van der Waals surface area contributed by atoms with E-state index in [1.165, 1.54) is 0 Å². The minimum absolute atomic E-state index is 0.00231. The lowest BCUT2D eigenvalue weighted by molar-refractivity contribution is -0.129. The van der Waals surface area contributed by atoms with Crippen LogP contribution in [0.1, 0.15) is 20.8 Å². The number of carbonyl (C=O) groups is 1. The van der Waals surface area contributed by atoms with Crippen molar-refractivity contribution in [2.45, 2.75) is 37.3 Å². The molecule has 0 aliphatic carbocycles. The molecule has 2 atom stereocenters. The van der Waals surface area contributed by atoms with Crippen LogP contribution in [0.25, 0.3) is 0 Å². The summed E-state index contributed by atoms with van der Waals surface area (Å²) in [6, 6.07) is 0. The number of ketones is 1. The third kappa shape index (κ3) is 1.12. The molecule has 10 heavy (non-hydrogen) atoms. The number of hydrogen-bond donors (Lipinski definition) is 0. The van der Waals surface area contributed by atoms with Crippen molar-refractivity contribution >= 4 is 21.7 Å². The van der Waals surface area contributed by atoms with Crippen LogP contribution in [0.4, 0.5) is 0 Å². The SMILES string of the molecule is CC1OC(C)(C)C(=O)C1Br. The van der Waals surface area contributed by atoms with E-state index in [2.05, 4.69) is 15.9 Å². The zero-order valence-electron chi connectivity index (χ0n) is 6.35. The van der Waals surface area contributed by atoms with Crippen molar-refractivity contribution < 1.29 is 9.53 Å². The van der Waals surface area contributed by atoms with Crippen molar-refractivity contribution in [1.29, 1.82) is 0 Å². The molecule has 2 nitrogen and oxygen atoms in total. The fraction of sp³-hybridized carbons (Fsp3) is 0.857. The van der Waals surface area contributed by atoms with Crippen LogP contribution in [0.15, 0.2) is 0 Å². The quantitative estimate of drug-likeness (QED) is 0.563. The average molecular weight is 207 g/mol. The van der Waals surface area contributed by atoms with Crippen LogP contribution in [0.2, 0.25) is 0 Å². The highest BCUT2D eigenvalue weighted by Gasteiger charge is 2.45. The van der Waals surface area contributed by atoms with Gasteiger partial charge < -0.3 is 4.74 Å².